The number of hydrogen-bond donors (Lipinski definition) is 0. The van der Waals surface area contributed by atoms with Crippen LogP contribution < -0.4 is 0 Å². The molecular formula is C20H27N3O4S. The van der Waals surface area contributed by atoms with Crippen LogP contribution >= 0.6 is 0 Å². The van der Waals surface area contributed by atoms with E-state index >= 15 is 0 Å². The predicted molar refractivity (Wildman–Crippen MR) is 105 cm³/mol. The molecule has 0 bridgehead atoms. The smallest absolute Gasteiger partial charge is 0.248 e. The van der Waals surface area contributed by atoms with E-state index in [9.17, 15) is 13.2 Å². The standard InChI is InChI=1S/C20H27N3O4S/c1-4-18(17-9-6-5-7-10-17)20(24)22-11-8-12-23(14-13-22)28(25,26)19-15(2)21-27-16(19)3/h5-7,9-10,18H,4,8,11-14H2,1-3H3. The van der Waals surface area contributed by atoms with Gasteiger partial charge in [0, 0.05) is 26.2 Å². The van der Waals surface area contributed by atoms with Crippen LogP contribution in [0.15, 0.2) is 39.8 Å². The summed E-state index contributed by atoms with van der Waals surface area (Å²) in [5.74, 6) is 0.155. The number of benzene rings is 1. The number of carbonyl (C=O) groups excluding carboxylic acids is 1. The van der Waals surface area contributed by atoms with Crippen molar-refractivity contribution >= 4 is 15.9 Å². The summed E-state index contributed by atoms with van der Waals surface area (Å²) in [7, 11) is -3.69. The minimum atomic E-state index is -3.69. The van der Waals surface area contributed by atoms with Crippen LogP contribution in [0.4, 0.5) is 0 Å². The first kappa shape index (κ1) is 20.5. The molecule has 1 amide bonds. The van der Waals surface area contributed by atoms with Gasteiger partial charge in [-0.2, -0.15) is 4.31 Å². The lowest BCUT2D eigenvalue weighted by molar-refractivity contribution is -0.132. The molecule has 2 heterocycles. The van der Waals surface area contributed by atoms with Crippen molar-refractivity contribution < 1.29 is 17.7 Å². The number of aromatic nitrogens is 1. The number of amides is 1. The summed E-state index contributed by atoms with van der Waals surface area (Å²) >= 11 is 0. The first-order chi connectivity index (χ1) is 13.4. The average Bonchev–Trinajstić information content (AvgIpc) is 2.87. The molecule has 1 aliphatic heterocycles. The van der Waals surface area contributed by atoms with Gasteiger partial charge in [-0.3, -0.25) is 4.79 Å². The second-order valence-corrected chi connectivity index (χ2v) is 8.98. The van der Waals surface area contributed by atoms with E-state index in [0.717, 1.165) is 5.56 Å². The summed E-state index contributed by atoms with van der Waals surface area (Å²) in [6.07, 6.45) is 1.31. The van der Waals surface area contributed by atoms with Crippen molar-refractivity contribution in [1.29, 1.82) is 0 Å². The number of hydrogen-bond acceptors (Lipinski definition) is 5. The molecule has 1 aromatic carbocycles. The minimum Gasteiger partial charge on any atom is -0.360 e. The SMILES string of the molecule is CCC(C(=O)N1CCCN(S(=O)(=O)c2c(C)noc2C)CC1)c1ccccc1. The van der Waals surface area contributed by atoms with Gasteiger partial charge in [0.05, 0.1) is 5.92 Å². The van der Waals surface area contributed by atoms with Crippen molar-refractivity contribution in [3.63, 3.8) is 0 Å². The van der Waals surface area contributed by atoms with E-state index in [2.05, 4.69) is 5.16 Å². The van der Waals surface area contributed by atoms with Crippen molar-refractivity contribution in [2.24, 2.45) is 0 Å². The molecule has 0 radical (unpaired) electrons. The number of nitrogens with zero attached hydrogens (tertiary/aromatic N) is 3. The van der Waals surface area contributed by atoms with Crippen LogP contribution in [0.5, 0.6) is 0 Å². The third-order valence-electron chi connectivity index (χ3n) is 5.24. The van der Waals surface area contributed by atoms with E-state index < -0.39 is 10.0 Å². The highest BCUT2D eigenvalue weighted by atomic mass is 32.2. The van der Waals surface area contributed by atoms with E-state index in [0.29, 0.717) is 43.9 Å². The highest BCUT2D eigenvalue weighted by molar-refractivity contribution is 7.89. The van der Waals surface area contributed by atoms with Gasteiger partial charge >= 0.3 is 0 Å². The summed E-state index contributed by atoms with van der Waals surface area (Å²) < 4.78 is 32.6. The molecule has 8 heteroatoms. The van der Waals surface area contributed by atoms with Crippen LogP contribution in [0.3, 0.4) is 0 Å². The Kier molecular flexibility index (Phi) is 6.20. The Morgan fingerprint density at radius 1 is 1.14 bits per heavy atom. The molecule has 0 N–H and O–H groups in total. The molecule has 1 aromatic heterocycles. The Labute approximate surface area is 166 Å². The Hall–Kier alpha value is -2.19. The first-order valence-electron chi connectivity index (χ1n) is 9.63. The van der Waals surface area contributed by atoms with Crippen molar-refractivity contribution in [2.45, 2.75) is 44.4 Å². The van der Waals surface area contributed by atoms with Gasteiger partial charge in [-0.1, -0.05) is 42.4 Å². The van der Waals surface area contributed by atoms with Crippen LogP contribution in [0, 0.1) is 13.8 Å². The number of aryl methyl sites for hydroxylation is 2. The molecule has 1 saturated heterocycles. The molecule has 1 atom stereocenters. The van der Waals surface area contributed by atoms with Gasteiger partial charge in [0.1, 0.15) is 10.6 Å². The molecule has 2 aromatic rings. The highest BCUT2D eigenvalue weighted by Gasteiger charge is 2.34. The third kappa shape index (κ3) is 3.98. The lowest BCUT2D eigenvalue weighted by atomic mass is 9.95. The Morgan fingerprint density at radius 3 is 2.46 bits per heavy atom. The second-order valence-electron chi connectivity index (χ2n) is 7.11. The maximum absolute atomic E-state index is 13.1. The van der Waals surface area contributed by atoms with E-state index in [1.54, 1.807) is 18.7 Å². The number of sulfonamides is 1. The molecule has 0 saturated carbocycles. The molecule has 1 fully saturated rings. The summed E-state index contributed by atoms with van der Waals surface area (Å²) in [4.78, 5) is 15.0. The summed E-state index contributed by atoms with van der Waals surface area (Å²) in [6, 6.07) is 9.75. The van der Waals surface area contributed by atoms with Gasteiger partial charge in [-0.15, -0.1) is 0 Å². The van der Waals surface area contributed by atoms with Gasteiger partial charge in [-0.25, -0.2) is 8.42 Å². The fourth-order valence-corrected chi connectivity index (χ4v) is 5.55. The Bertz CT molecular complexity index is 905. The quantitative estimate of drug-likeness (QED) is 0.764. The van der Waals surface area contributed by atoms with Gasteiger partial charge in [0.25, 0.3) is 0 Å². The van der Waals surface area contributed by atoms with Crippen molar-refractivity contribution in [2.75, 3.05) is 26.2 Å². The monoisotopic (exact) mass is 405 g/mol. The molecule has 0 spiro atoms. The van der Waals surface area contributed by atoms with Gasteiger partial charge in [-0.05, 0) is 32.3 Å². The summed E-state index contributed by atoms with van der Waals surface area (Å²) in [5.41, 5.74) is 1.37. The van der Waals surface area contributed by atoms with Crippen LogP contribution in [-0.2, 0) is 14.8 Å². The summed E-state index contributed by atoms with van der Waals surface area (Å²) in [6.45, 7) is 6.80. The summed E-state index contributed by atoms with van der Waals surface area (Å²) in [5, 5.41) is 3.77. The van der Waals surface area contributed by atoms with Crippen LogP contribution in [0.2, 0.25) is 0 Å². The first-order valence-corrected chi connectivity index (χ1v) is 11.1. The van der Waals surface area contributed by atoms with E-state index in [1.807, 2.05) is 37.3 Å². The van der Waals surface area contributed by atoms with Gasteiger partial charge in [0.15, 0.2) is 5.76 Å². The third-order valence-corrected chi connectivity index (χ3v) is 7.38. The van der Waals surface area contributed by atoms with E-state index in [1.165, 1.54) is 4.31 Å². The van der Waals surface area contributed by atoms with Crippen LogP contribution in [0.25, 0.3) is 0 Å². The number of rotatable bonds is 5. The maximum Gasteiger partial charge on any atom is 0.248 e. The van der Waals surface area contributed by atoms with Crippen LogP contribution in [0.1, 0.15) is 42.7 Å². The topological polar surface area (TPSA) is 83.7 Å². The molecule has 0 aliphatic carbocycles. The number of carbonyl (C=O) groups is 1. The average molecular weight is 406 g/mol. The predicted octanol–water partition coefficient (Wildman–Crippen LogP) is 2.71. The fourth-order valence-electron chi connectivity index (χ4n) is 3.79. The molecule has 152 valence electrons. The molecular weight excluding hydrogens is 378 g/mol. The zero-order valence-corrected chi connectivity index (χ0v) is 17.4. The second kappa shape index (κ2) is 8.45. The maximum atomic E-state index is 13.1. The van der Waals surface area contributed by atoms with Crippen LogP contribution in [-0.4, -0.2) is 54.9 Å². The molecule has 28 heavy (non-hydrogen) atoms. The zero-order chi connectivity index (χ0) is 20.3. The molecule has 7 nitrogen and oxygen atoms in total. The Morgan fingerprint density at radius 2 is 1.86 bits per heavy atom. The minimum absolute atomic E-state index is 0.0605. The van der Waals surface area contributed by atoms with Gasteiger partial charge in [0.2, 0.25) is 15.9 Å². The van der Waals surface area contributed by atoms with Crippen molar-refractivity contribution in [1.82, 2.24) is 14.4 Å². The molecule has 1 aliphatic rings. The molecule has 3 rings (SSSR count). The highest BCUT2D eigenvalue weighted by Crippen LogP contribution is 2.26. The zero-order valence-electron chi connectivity index (χ0n) is 16.6. The van der Waals surface area contributed by atoms with Crippen molar-refractivity contribution in [3.05, 3.63) is 47.3 Å². The Balaban J connectivity index is 1.75. The fraction of sp³-hybridized carbons (Fsp3) is 0.500. The van der Waals surface area contributed by atoms with Gasteiger partial charge < -0.3 is 9.42 Å². The van der Waals surface area contributed by atoms with E-state index in [-0.39, 0.29) is 23.3 Å². The lowest BCUT2D eigenvalue weighted by Crippen LogP contribution is -2.39. The van der Waals surface area contributed by atoms with E-state index in [4.69, 9.17) is 4.52 Å². The largest absolute Gasteiger partial charge is 0.360 e. The molecule has 1 unspecified atom stereocenters. The van der Waals surface area contributed by atoms with Crippen molar-refractivity contribution in [3.8, 4) is 0 Å². The lowest BCUT2D eigenvalue weighted by Gasteiger charge is -2.26. The normalized spacial score (nSPS) is 17.3.